The van der Waals surface area contributed by atoms with Crippen LogP contribution < -0.4 is 10.5 Å². The smallest absolute Gasteiger partial charge is 0.126 e. The molecule has 0 aliphatic rings. The summed E-state index contributed by atoms with van der Waals surface area (Å²) in [5.74, 6) is 0.432. The molecule has 0 spiro atoms. The van der Waals surface area contributed by atoms with Crippen molar-refractivity contribution in [2.75, 3.05) is 12.3 Å². The van der Waals surface area contributed by atoms with E-state index in [1.165, 1.54) is 6.07 Å². The van der Waals surface area contributed by atoms with Crippen molar-refractivity contribution in [2.45, 2.75) is 13.5 Å². The van der Waals surface area contributed by atoms with Crippen LogP contribution in [0.1, 0.15) is 5.56 Å². The number of aromatic nitrogens is 2. The van der Waals surface area contributed by atoms with E-state index in [4.69, 9.17) is 10.5 Å². The van der Waals surface area contributed by atoms with E-state index in [0.717, 1.165) is 0 Å². The first-order chi connectivity index (χ1) is 8.15. The molecule has 1 aromatic heterocycles. The van der Waals surface area contributed by atoms with E-state index in [1.54, 1.807) is 36.1 Å². The van der Waals surface area contributed by atoms with E-state index in [0.29, 0.717) is 30.2 Å². The summed E-state index contributed by atoms with van der Waals surface area (Å²) in [5, 5.41) is 4.03. The summed E-state index contributed by atoms with van der Waals surface area (Å²) in [7, 11) is 0. The highest BCUT2D eigenvalue weighted by Crippen LogP contribution is 2.15. The molecule has 2 N–H and O–H groups in total. The van der Waals surface area contributed by atoms with E-state index in [9.17, 15) is 4.39 Å². The van der Waals surface area contributed by atoms with Crippen LogP contribution in [0.5, 0.6) is 5.75 Å². The molecule has 1 heterocycles. The number of hydrogen-bond donors (Lipinski definition) is 1. The Kier molecular flexibility index (Phi) is 3.27. The first kappa shape index (κ1) is 11.4. The number of nitrogen functional groups attached to an aromatic ring is 1. The molecule has 0 amide bonds. The highest BCUT2D eigenvalue weighted by atomic mass is 19.1. The molecular weight excluding hydrogens is 221 g/mol. The van der Waals surface area contributed by atoms with E-state index in [1.807, 2.05) is 0 Å². The minimum atomic E-state index is -0.225. The monoisotopic (exact) mass is 235 g/mol. The molecule has 2 rings (SSSR count). The third kappa shape index (κ3) is 2.96. The first-order valence-electron chi connectivity index (χ1n) is 5.32. The van der Waals surface area contributed by atoms with Crippen molar-refractivity contribution in [2.24, 2.45) is 0 Å². The third-order valence-corrected chi connectivity index (χ3v) is 2.37. The van der Waals surface area contributed by atoms with Crippen LogP contribution in [0.25, 0.3) is 0 Å². The van der Waals surface area contributed by atoms with E-state index < -0.39 is 0 Å². The fourth-order valence-electron chi connectivity index (χ4n) is 1.47. The summed E-state index contributed by atoms with van der Waals surface area (Å²) in [5.41, 5.74) is 6.73. The molecule has 0 aliphatic carbocycles. The molecule has 17 heavy (non-hydrogen) atoms. The molecule has 90 valence electrons. The van der Waals surface area contributed by atoms with Crippen molar-refractivity contribution in [3.05, 3.63) is 42.0 Å². The van der Waals surface area contributed by atoms with Gasteiger partial charge in [0.2, 0.25) is 0 Å². The second kappa shape index (κ2) is 4.86. The molecule has 1 aromatic carbocycles. The Morgan fingerprint density at radius 2 is 2.29 bits per heavy atom. The molecule has 2 aromatic rings. The van der Waals surface area contributed by atoms with Crippen molar-refractivity contribution < 1.29 is 9.13 Å². The van der Waals surface area contributed by atoms with Gasteiger partial charge in [-0.15, -0.1) is 0 Å². The quantitative estimate of drug-likeness (QED) is 0.881. The fraction of sp³-hybridized carbons (Fsp3) is 0.250. The van der Waals surface area contributed by atoms with Gasteiger partial charge >= 0.3 is 0 Å². The number of anilines is 1. The average Bonchev–Trinajstić information content (AvgIpc) is 2.70. The van der Waals surface area contributed by atoms with Crippen molar-refractivity contribution in [1.82, 2.24) is 9.78 Å². The number of benzene rings is 1. The zero-order chi connectivity index (χ0) is 12.3. The maximum atomic E-state index is 13.0. The Morgan fingerprint density at radius 1 is 1.47 bits per heavy atom. The molecule has 0 radical (unpaired) electrons. The summed E-state index contributed by atoms with van der Waals surface area (Å²) in [6.07, 6.45) is 3.32. The molecule has 0 saturated heterocycles. The van der Waals surface area contributed by atoms with Crippen LogP contribution >= 0.6 is 0 Å². The van der Waals surface area contributed by atoms with Crippen LogP contribution in [0.2, 0.25) is 0 Å². The Labute approximate surface area is 98.8 Å². The van der Waals surface area contributed by atoms with Gasteiger partial charge in [-0.1, -0.05) is 0 Å². The maximum Gasteiger partial charge on any atom is 0.126 e. The molecule has 0 bridgehead atoms. The summed E-state index contributed by atoms with van der Waals surface area (Å²) >= 11 is 0. The Hall–Kier alpha value is -2.04. The molecule has 4 nitrogen and oxygen atoms in total. The lowest BCUT2D eigenvalue weighted by Gasteiger charge is -2.07. The van der Waals surface area contributed by atoms with Gasteiger partial charge in [-0.2, -0.15) is 5.10 Å². The molecule has 0 fully saturated rings. The highest BCUT2D eigenvalue weighted by Gasteiger charge is 2.00. The number of hydrogen-bond acceptors (Lipinski definition) is 3. The van der Waals surface area contributed by atoms with E-state index in [2.05, 4.69) is 5.10 Å². The maximum absolute atomic E-state index is 13.0. The van der Waals surface area contributed by atoms with Gasteiger partial charge in [-0.3, -0.25) is 4.68 Å². The van der Waals surface area contributed by atoms with Gasteiger partial charge < -0.3 is 10.5 Å². The minimum Gasteiger partial charge on any atom is -0.492 e. The predicted molar refractivity (Wildman–Crippen MR) is 63.3 cm³/mol. The van der Waals surface area contributed by atoms with Gasteiger partial charge in [0.25, 0.3) is 0 Å². The highest BCUT2D eigenvalue weighted by molar-refractivity contribution is 5.30. The Balaban J connectivity index is 1.87. The Morgan fingerprint density at radius 3 is 2.94 bits per heavy atom. The van der Waals surface area contributed by atoms with Crippen LogP contribution in [0.4, 0.5) is 10.1 Å². The number of aryl methyl sites for hydroxylation is 1. The van der Waals surface area contributed by atoms with Gasteiger partial charge in [0.15, 0.2) is 0 Å². The molecular formula is C12H14FN3O. The van der Waals surface area contributed by atoms with Gasteiger partial charge in [0.05, 0.1) is 18.4 Å². The lowest BCUT2D eigenvalue weighted by Crippen LogP contribution is -2.08. The average molecular weight is 235 g/mol. The van der Waals surface area contributed by atoms with Crippen LogP contribution in [0, 0.1) is 12.7 Å². The van der Waals surface area contributed by atoms with Crippen molar-refractivity contribution >= 4 is 5.69 Å². The number of halogens is 1. The van der Waals surface area contributed by atoms with Crippen LogP contribution in [-0.4, -0.2) is 16.4 Å². The molecule has 0 aliphatic heterocycles. The SMILES string of the molecule is Cc1cc(OCCn2cc(N)cn2)ccc1F. The van der Waals surface area contributed by atoms with Gasteiger partial charge in [-0.25, -0.2) is 4.39 Å². The first-order valence-corrected chi connectivity index (χ1v) is 5.32. The topological polar surface area (TPSA) is 53.1 Å². The molecule has 0 unspecified atom stereocenters. The molecule has 0 saturated carbocycles. The summed E-state index contributed by atoms with van der Waals surface area (Å²) in [6.45, 7) is 2.77. The van der Waals surface area contributed by atoms with Crippen LogP contribution in [-0.2, 0) is 6.54 Å². The molecule has 0 atom stereocenters. The van der Waals surface area contributed by atoms with Gasteiger partial charge in [0.1, 0.15) is 18.2 Å². The third-order valence-electron chi connectivity index (χ3n) is 2.37. The number of rotatable bonds is 4. The van der Waals surface area contributed by atoms with Crippen LogP contribution in [0.15, 0.2) is 30.6 Å². The summed E-state index contributed by atoms with van der Waals surface area (Å²) < 4.78 is 20.2. The Bertz CT molecular complexity index is 510. The van der Waals surface area contributed by atoms with Crippen molar-refractivity contribution in [3.63, 3.8) is 0 Å². The fourth-order valence-corrected chi connectivity index (χ4v) is 1.47. The second-order valence-electron chi connectivity index (χ2n) is 3.80. The minimum absolute atomic E-state index is 0.225. The summed E-state index contributed by atoms with van der Waals surface area (Å²) in [4.78, 5) is 0. The molecule has 5 heteroatoms. The second-order valence-corrected chi connectivity index (χ2v) is 3.80. The van der Waals surface area contributed by atoms with Gasteiger partial charge in [-0.05, 0) is 30.7 Å². The zero-order valence-corrected chi connectivity index (χ0v) is 9.56. The zero-order valence-electron chi connectivity index (χ0n) is 9.56. The van der Waals surface area contributed by atoms with Crippen molar-refractivity contribution in [3.8, 4) is 5.75 Å². The number of nitrogens with zero attached hydrogens (tertiary/aromatic N) is 2. The lowest BCUT2D eigenvalue weighted by atomic mass is 10.2. The number of ether oxygens (including phenoxy) is 1. The van der Waals surface area contributed by atoms with Gasteiger partial charge in [0, 0.05) is 6.20 Å². The van der Waals surface area contributed by atoms with E-state index in [-0.39, 0.29) is 5.82 Å². The predicted octanol–water partition coefficient (Wildman–Crippen LogP) is 1.99. The van der Waals surface area contributed by atoms with Crippen molar-refractivity contribution in [1.29, 1.82) is 0 Å². The number of nitrogens with two attached hydrogens (primary N) is 1. The standard InChI is InChI=1S/C12H14FN3O/c1-9-6-11(2-3-12(9)13)17-5-4-16-8-10(14)7-15-16/h2-3,6-8H,4-5,14H2,1H3. The summed E-state index contributed by atoms with van der Waals surface area (Å²) in [6, 6.07) is 4.68. The van der Waals surface area contributed by atoms with Crippen LogP contribution in [0.3, 0.4) is 0 Å². The van der Waals surface area contributed by atoms with E-state index >= 15 is 0 Å². The lowest BCUT2D eigenvalue weighted by molar-refractivity contribution is 0.291. The normalized spacial score (nSPS) is 10.5. The largest absolute Gasteiger partial charge is 0.492 e.